The summed E-state index contributed by atoms with van der Waals surface area (Å²) in [6.07, 6.45) is 0. The number of nitrogens with zero attached hydrogens (tertiary/aromatic N) is 2. The summed E-state index contributed by atoms with van der Waals surface area (Å²) in [4.78, 5) is 12.2. The highest BCUT2D eigenvalue weighted by Crippen LogP contribution is 2.12. The number of nitrogens with one attached hydrogen (secondary N) is 1. The quantitative estimate of drug-likeness (QED) is 0.881. The highest BCUT2D eigenvalue weighted by molar-refractivity contribution is 6.17. The average Bonchev–Trinajstić information content (AvgIpc) is 2.70. The first-order valence-corrected chi connectivity index (χ1v) is 6.98. The van der Waals surface area contributed by atoms with Gasteiger partial charge in [0.05, 0.1) is 11.3 Å². The van der Waals surface area contributed by atoms with E-state index in [-0.39, 0.29) is 5.91 Å². The molecule has 0 aliphatic rings. The van der Waals surface area contributed by atoms with E-state index in [0.717, 1.165) is 22.5 Å². The molecule has 0 unspecified atom stereocenters. The zero-order valence-corrected chi connectivity index (χ0v) is 12.7. The van der Waals surface area contributed by atoms with Crippen LogP contribution >= 0.6 is 11.6 Å². The molecule has 1 amide bonds. The predicted octanol–water partition coefficient (Wildman–Crippen LogP) is 2.71. The summed E-state index contributed by atoms with van der Waals surface area (Å²) in [5, 5.41) is 7.17. The van der Waals surface area contributed by atoms with Crippen LogP contribution in [0, 0.1) is 13.8 Å². The minimum Gasteiger partial charge on any atom is -0.348 e. The Hall–Kier alpha value is -1.81. The van der Waals surface area contributed by atoms with Crippen LogP contribution in [-0.4, -0.2) is 15.7 Å². The summed E-state index contributed by atoms with van der Waals surface area (Å²) in [5.41, 5.74) is 4.40. The van der Waals surface area contributed by atoms with Gasteiger partial charge in [0.25, 0.3) is 5.91 Å². The van der Waals surface area contributed by atoms with Crippen molar-refractivity contribution in [2.24, 2.45) is 7.05 Å². The van der Waals surface area contributed by atoms with E-state index in [1.807, 2.05) is 45.2 Å². The van der Waals surface area contributed by atoms with Crippen LogP contribution in [-0.2, 0) is 19.5 Å². The molecule has 1 heterocycles. The van der Waals surface area contributed by atoms with Gasteiger partial charge in [-0.15, -0.1) is 11.6 Å². The Kier molecular flexibility index (Phi) is 4.45. The van der Waals surface area contributed by atoms with E-state index in [2.05, 4.69) is 10.4 Å². The molecule has 0 aliphatic heterocycles. The molecule has 0 spiro atoms. The second-order valence-electron chi connectivity index (χ2n) is 4.80. The summed E-state index contributed by atoms with van der Waals surface area (Å²) in [5.74, 6) is 0.412. The number of amides is 1. The molecule has 106 valence electrons. The van der Waals surface area contributed by atoms with Crippen molar-refractivity contribution in [2.45, 2.75) is 26.3 Å². The number of rotatable bonds is 4. The molecule has 0 bridgehead atoms. The fourth-order valence-corrected chi connectivity index (χ4v) is 2.30. The topological polar surface area (TPSA) is 46.9 Å². The van der Waals surface area contributed by atoms with Gasteiger partial charge in [-0.25, -0.2) is 0 Å². The predicted molar refractivity (Wildman–Crippen MR) is 79.9 cm³/mol. The molecule has 0 fully saturated rings. The van der Waals surface area contributed by atoms with Crippen molar-refractivity contribution < 1.29 is 4.79 Å². The molecule has 2 rings (SSSR count). The van der Waals surface area contributed by atoms with Crippen molar-refractivity contribution in [1.82, 2.24) is 15.1 Å². The van der Waals surface area contributed by atoms with E-state index in [1.165, 1.54) is 0 Å². The highest BCUT2D eigenvalue weighted by atomic mass is 35.5. The maximum absolute atomic E-state index is 12.2. The van der Waals surface area contributed by atoms with Crippen LogP contribution in [0.15, 0.2) is 24.3 Å². The van der Waals surface area contributed by atoms with Gasteiger partial charge in [-0.05, 0) is 25.0 Å². The summed E-state index contributed by atoms with van der Waals surface area (Å²) in [6, 6.07) is 7.88. The number of benzene rings is 1. The average molecular weight is 292 g/mol. The van der Waals surface area contributed by atoms with Crippen LogP contribution in [0.25, 0.3) is 0 Å². The SMILES string of the molecule is Cc1nn(C)c(C)c1C(=O)NCc1ccc(CCl)cc1. The highest BCUT2D eigenvalue weighted by Gasteiger charge is 2.16. The maximum atomic E-state index is 12.2. The van der Waals surface area contributed by atoms with Crippen molar-refractivity contribution in [2.75, 3.05) is 0 Å². The molecule has 5 heteroatoms. The van der Waals surface area contributed by atoms with Crippen LogP contribution in [0.2, 0.25) is 0 Å². The Morgan fingerprint density at radius 3 is 2.35 bits per heavy atom. The molecule has 0 saturated carbocycles. The number of halogens is 1. The molecule has 2 aromatic rings. The first-order chi connectivity index (χ1) is 9.52. The van der Waals surface area contributed by atoms with Crippen molar-refractivity contribution in [3.05, 3.63) is 52.3 Å². The largest absolute Gasteiger partial charge is 0.348 e. The first kappa shape index (κ1) is 14.6. The van der Waals surface area contributed by atoms with E-state index >= 15 is 0 Å². The Morgan fingerprint density at radius 1 is 1.25 bits per heavy atom. The lowest BCUT2D eigenvalue weighted by Crippen LogP contribution is -2.24. The van der Waals surface area contributed by atoms with Gasteiger partial charge in [-0.1, -0.05) is 24.3 Å². The minimum atomic E-state index is -0.0884. The molecule has 1 N–H and O–H groups in total. The van der Waals surface area contributed by atoms with E-state index in [1.54, 1.807) is 4.68 Å². The lowest BCUT2D eigenvalue weighted by molar-refractivity contribution is 0.0949. The van der Waals surface area contributed by atoms with Gasteiger partial charge in [0.15, 0.2) is 0 Å². The number of hydrogen-bond donors (Lipinski definition) is 1. The zero-order valence-electron chi connectivity index (χ0n) is 11.9. The lowest BCUT2D eigenvalue weighted by atomic mass is 10.1. The van der Waals surface area contributed by atoms with E-state index < -0.39 is 0 Å². The molecule has 1 aromatic heterocycles. The molecule has 0 atom stereocenters. The van der Waals surface area contributed by atoms with Crippen molar-refractivity contribution in [3.8, 4) is 0 Å². The standard InChI is InChI=1S/C15H18ClN3O/c1-10-14(11(2)19(3)18-10)15(20)17-9-13-6-4-12(8-16)5-7-13/h4-7H,8-9H2,1-3H3,(H,17,20). The maximum Gasteiger partial charge on any atom is 0.255 e. The number of carbonyl (C=O) groups excluding carboxylic acids is 1. The van der Waals surface area contributed by atoms with E-state index in [4.69, 9.17) is 11.6 Å². The second kappa shape index (κ2) is 6.09. The molecule has 4 nitrogen and oxygen atoms in total. The van der Waals surface area contributed by atoms with E-state index in [0.29, 0.717) is 18.0 Å². The summed E-state index contributed by atoms with van der Waals surface area (Å²) in [7, 11) is 1.84. The third-order valence-electron chi connectivity index (χ3n) is 3.37. The van der Waals surface area contributed by atoms with Crippen molar-refractivity contribution >= 4 is 17.5 Å². The van der Waals surface area contributed by atoms with Gasteiger partial charge in [0.2, 0.25) is 0 Å². The molecular weight excluding hydrogens is 274 g/mol. The molecule has 0 radical (unpaired) electrons. The zero-order chi connectivity index (χ0) is 14.7. The van der Waals surface area contributed by atoms with Gasteiger partial charge in [0, 0.05) is 25.2 Å². The van der Waals surface area contributed by atoms with Crippen molar-refractivity contribution in [3.63, 3.8) is 0 Å². The fourth-order valence-electron chi connectivity index (χ4n) is 2.12. The third kappa shape index (κ3) is 3.02. The smallest absolute Gasteiger partial charge is 0.255 e. The molecule has 0 aliphatic carbocycles. The fraction of sp³-hybridized carbons (Fsp3) is 0.333. The van der Waals surface area contributed by atoms with Gasteiger partial charge in [0.1, 0.15) is 0 Å². The molecule has 1 aromatic carbocycles. The van der Waals surface area contributed by atoms with Crippen LogP contribution in [0.4, 0.5) is 0 Å². The van der Waals surface area contributed by atoms with E-state index in [9.17, 15) is 4.79 Å². The Labute approximate surface area is 123 Å². The van der Waals surface area contributed by atoms with Gasteiger partial charge in [-0.2, -0.15) is 5.10 Å². The minimum absolute atomic E-state index is 0.0884. The summed E-state index contributed by atoms with van der Waals surface area (Å²) >= 11 is 5.74. The van der Waals surface area contributed by atoms with Crippen molar-refractivity contribution in [1.29, 1.82) is 0 Å². The number of alkyl halides is 1. The lowest BCUT2D eigenvalue weighted by Gasteiger charge is -2.06. The van der Waals surface area contributed by atoms with Crippen LogP contribution in [0.3, 0.4) is 0 Å². The first-order valence-electron chi connectivity index (χ1n) is 6.45. The summed E-state index contributed by atoms with van der Waals surface area (Å²) in [6.45, 7) is 4.23. The third-order valence-corrected chi connectivity index (χ3v) is 3.68. The Balaban J connectivity index is 2.04. The van der Waals surface area contributed by atoms with Crippen LogP contribution < -0.4 is 5.32 Å². The molecule has 20 heavy (non-hydrogen) atoms. The molecule has 0 saturated heterocycles. The Bertz CT molecular complexity index is 617. The Morgan fingerprint density at radius 2 is 1.85 bits per heavy atom. The van der Waals surface area contributed by atoms with Crippen LogP contribution in [0.1, 0.15) is 32.9 Å². The summed E-state index contributed by atoms with van der Waals surface area (Å²) < 4.78 is 1.72. The molecular formula is C15H18ClN3O. The number of aryl methyl sites for hydroxylation is 2. The number of hydrogen-bond acceptors (Lipinski definition) is 2. The number of aromatic nitrogens is 2. The van der Waals surface area contributed by atoms with Crippen LogP contribution in [0.5, 0.6) is 0 Å². The normalized spacial score (nSPS) is 10.6. The van der Waals surface area contributed by atoms with Gasteiger partial charge >= 0.3 is 0 Å². The van der Waals surface area contributed by atoms with Gasteiger partial charge in [-0.3, -0.25) is 9.48 Å². The number of carbonyl (C=O) groups is 1. The van der Waals surface area contributed by atoms with Gasteiger partial charge < -0.3 is 5.32 Å². The monoisotopic (exact) mass is 291 g/mol. The second-order valence-corrected chi connectivity index (χ2v) is 5.07.